The van der Waals surface area contributed by atoms with Crippen LogP contribution in [0.5, 0.6) is 0 Å². The highest BCUT2D eigenvalue weighted by atomic mass is 16.9. The van der Waals surface area contributed by atoms with E-state index in [4.69, 9.17) is 18.9 Å². The molecule has 2 spiro atoms. The molecule has 6 rings (SSSR count). The zero-order valence-electron chi connectivity index (χ0n) is 17.3. The first-order valence-corrected chi connectivity index (χ1v) is 11.1. The van der Waals surface area contributed by atoms with Gasteiger partial charge in [-0.3, -0.25) is 9.59 Å². The van der Waals surface area contributed by atoms with E-state index in [0.29, 0.717) is 37.1 Å². The lowest BCUT2D eigenvalue weighted by atomic mass is 9.45. The molecule has 6 aliphatic rings. The predicted molar refractivity (Wildman–Crippen MR) is 102 cm³/mol. The molecule has 0 aromatic rings. The van der Waals surface area contributed by atoms with Crippen LogP contribution in [0.2, 0.25) is 0 Å². The van der Waals surface area contributed by atoms with Gasteiger partial charge in [0.05, 0.1) is 0 Å². The topological polar surface area (TPSA) is 71.1 Å². The molecular formula is C23H30O6. The van der Waals surface area contributed by atoms with Crippen molar-refractivity contribution in [1.29, 1.82) is 0 Å². The lowest BCUT2D eigenvalue weighted by Gasteiger charge is -2.59. The minimum Gasteiger partial charge on any atom is -0.350 e. The van der Waals surface area contributed by atoms with E-state index >= 15 is 0 Å². The Bertz CT molecular complexity index is 807. The van der Waals surface area contributed by atoms with Crippen molar-refractivity contribution in [2.75, 3.05) is 20.2 Å². The summed E-state index contributed by atoms with van der Waals surface area (Å²) in [5, 5.41) is 0. The van der Waals surface area contributed by atoms with Gasteiger partial charge in [0, 0.05) is 24.2 Å². The summed E-state index contributed by atoms with van der Waals surface area (Å²) >= 11 is 0. The molecule has 2 saturated heterocycles. The second-order valence-corrected chi connectivity index (χ2v) is 10.5. The lowest BCUT2D eigenvalue weighted by Crippen LogP contribution is -2.65. The Morgan fingerprint density at radius 2 is 1.83 bits per heavy atom. The van der Waals surface area contributed by atoms with E-state index in [2.05, 4.69) is 13.8 Å². The van der Waals surface area contributed by atoms with Crippen molar-refractivity contribution in [1.82, 2.24) is 0 Å². The third-order valence-electron chi connectivity index (χ3n) is 9.65. The summed E-state index contributed by atoms with van der Waals surface area (Å²) in [7, 11) is 0. The van der Waals surface area contributed by atoms with Crippen molar-refractivity contribution in [2.45, 2.75) is 70.2 Å². The summed E-state index contributed by atoms with van der Waals surface area (Å²) in [6.45, 7) is 5.24. The number of hydrogen-bond acceptors (Lipinski definition) is 6. The molecule has 5 fully saturated rings. The van der Waals surface area contributed by atoms with E-state index < -0.39 is 11.4 Å². The third kappa shape index (κ3) is 2.07. The summed E-state index contributed by atoms with van der Waals surface area (Å²) in [6.07, 6.45) is 7.48. The SMILES string of the molecule is C[C@]12CCC(=O)C=C1CC[C@H]1[C@H]2C(=O)C[C@@]2(C)[C@H]1CC[C@]21OCO[C@@]12COCO2. The average Bonchev–Trinajstić information content (AvgIpc) is 3.37. The number of carbonyl (C=O) groups is 2. The first-order valence-electron chi connectivity index (χ1n) is 11.1. The molecule has 7 atom stereocenters. The summed E-state index contributed by atoms with van der Waals surface area (Å²) in [6, 6.07) is 0. The summed E-state index contributed by atoms with van der Waals surface area (Å²) in [5.41, 5.74) is 0.103. The summed E-state index contributed by atoms with van der Waals surface area (Å²) < 4.78 is 24.0. The van der Waals surface area contributed by atoms with Crippen LogP contribution in [0.3, 0.4) is 0 Å². The molecule has 2 heterocycles. The van der Waals surface area contributed by atoms with Crippen LogP contribution in [0.15, 0.2) is 11.6 Å². The van der Waals surface area contributed by atoms with Gasteiger partial charge >= 0.3 is 0 Å². The Labute approximate surface area is 171 Å². The van der Waals surface area contributed by atoms with Crippen molar-refractivity contribution in [2.24, 2.45) is 28.6 Å². The first-order chi connectivity index (χ1) is 13.9. The number of rotatable bonds is 0. The molecule has 0 unspecified atom stereocenters. The van der Waals surface area contributed by atoms with Crippen LogP contribution in [0.1, 0.15) is 58.8 Å². The molecule has 0 amide bonds. The summed E-state index contributed by atoms with van der Waals surface area (Å²) in [4.78, 5) is 25.8. The Morgan fingerprint density at radius 3 is 2.62 bits per heavy atom. The van der Waals surface area contributed by atoms with Crippen molar-refractivity contribution in [3.63, 3.8) is 0 Å². The van der Waals surface area contributed by atoms with Crippen LogP contribution in [-0.4, -0.2) is 43.1 Å². The normalized spacial score (nSPS) is 53.9. The second-order valence-electron chi connectivity index (χ2n) is 10.5. The van der Waals surface area contributed by atoms with E-state index in [-0.39, 0.29) is 36.1 Å². The maximum Gasteiger partial charge on any atom is 0.226 e. The molecule has 0 aromatic carbocycles. The number of hydrogen-bond donors (Lipinski definition) is 0. The zero-order valence-corrected chi connectivity index (χ0v) is 17.3. The molecule has 3 saturated carbocycles. The number of ketones is 2. The minimum absolute atomic E-state index is 0.0165. The molecule has 6 heteroatoms. The number of ether oxygens (including phenoxy) is 4. The van der Waals surface area contributed by atoms with Gasteiger partial charge in [-0.15, -0.1) is 0 Å². The molecule has 0 bridgehead atoms. The van der Waals surface area contributed by atoms with E-state index in [0.717, 1.165) is 32.1 Å². The molecule has 6 nitrogen and oxygen atoms in total. The lowest BCUT2D eigenvalue weighted by molar-refractivity contribution is -0.246. The van der Waals surface area contributed by atoms with E-state index in [9.17, 15) is 9.59 Å². The van der Waals surface area contributed by atoms with Crippen LogP contribution in [0, 0.1) is 28.6 Å². The standard InChI is InChI=1S/C23H30O6/c1-20-7-5-15(24)9-14(20)3-4-16-17-6-8-22(21(17,2)10-18(25)19(16)20)23(29-13-27-22)11-26-12-28-23/h9,16-17,19H,3-8,10-13H2,1-2H3/t16-,17+,19+,20+,21+,22+,23+/m1/s1. The van der Waals surface area contributed by atoms with Crippen LogP contribution >= 0.6 is 0 Å². The molecule has 4 aliphatic carbocycles. The molecule has 158 valence electrons. The van der Waals surface area contributed by atoms with Crippen LogP contribution in [0.25, 0.3) is 0 Å². The highest BCUT2D eigenvalue weighted by Crippen LogP contribution is 2.70. The molecular weight excluding hydrogens is 372 g/mol. The number of allylic oxidation sites excluding steroid dienone is 1. The fraction of sp³-hybridized carbons (Fsp3) is 0.826. The minimum atomic E-state index is -0.884. The molecule has 0 radical (unpaired) electrons. The van der Waals surface area contributed by atoms with Crippen LogP contribution < -0.4 is 0 Å². The fourth-order valence-corrected chi connectivity index (χ4v) is 8.36. The molecule has 29 heavy (non-hydrogen) atoms. The summed E-state index contributed by atoms with van der Waals surface area (Å²) in [5.74, 6) is 0.416. The van der Waals surface area contributed by atoms with Crippen molar-refractivity contribution in [3.8, 4) is 0 Å². The molecule has 0 aromatic heterocycles. The Kier molecular flexibility index (Phi) is 3.72. The first kappa shape index (κ1) is 18.7. The highest BCUT2D eigenvalue weighted by molar-refractivity contribution is 5.93. The van der Waals surface area contributed by atoms with Gasteiger partial charge in [0.2, 0.25) is 5.79 Å². The number of Topliss-reactive ketones (excluding diaryl/α,β-unsaturated/α-hetero) is 1. The molecule has 0 N–H and O–H groups in total. The van der Waals surface area contributed by atoms with Gasteiger partial charge in [0.1, 0.15) is 18.0 Å². The van der Waals surface area contributed by atoms with E-state index in [1.54, 1.807) is 0 Å². The van der Waals surface area contributed by atoms with Crippen LogP contribution in [0.4, 0.5) is 0 Å². The quantitative estimate of drug-likeness (QED) is 0.620. The predicted octanol–water partition coefficient (Wildman–Crippen LogP) is 3.14. The van der Waals surface area contributed by atoms with Gasteiger partial charge in [-0.05, 0) is 55.4 Å². The van der Waals surface area contributed by atoms with Gasteiger partial charge in [-0.25, -0.2) is 0 Å². The largest absolute Gasteiger partial charge is 0.350 e. The Balaban J connectivity index is 1.42. The number of carbonyl (C=O) groups excluding carboxylic acids is 2. The smallest absolute Gasteiger partial charge is 0.226 e. The Morgan fingerprint density at radius 1 is 1.00 bits per heavy atom. The fourth-order valence-electron chi connectivity index (χ4n) is 8.36. The van der Waals surface area contributed by atoms with Gasteiger partial charge in [-0.1, -0.05) is 19.4 Å². The second kappa shape index (κ2) is 5.78. The molecule has 2 aliphatic heterocycles. The van der Waals surface area contributed by atoms with Gasteiger partial charge in [0.15, 0.2) is 19.4 Å². The van der Waals surface area contributed by atoms with E-state index in [1.165, 1.54) is 5.57 Å². The van der Waals surface area contributed by atoms with Gasteiger partial charge in [0.25, 0.3) is 0 Å². The Hall–Kier alpha value is -1.08. The monoisotopic (exact) mass is 402 g/mol. The van der Waals surface area contributed by atoms with Crippen LogP contribution in [-0.2, 0) is 28.5 Å². The van der Waals surface area contributed by atoms with Crippen molar-refractivity contribution in [3.05, 3.63) is 11.6 Å². The highest BCUT2D eigenvalue weighted by Gasteiger charge is 2.76. The third-order valence-corrected chi connectivity index (χ3v) is 9.65. The maximum atomic E-state index is 13.8. The number of fused-ring (bicyclic) bond motifs is 7. The van der Waals surface area contributed by atoms with Crippen molar-refractivity contribution >= 4 is 11.6 Å². The van der Waals surface area contributed by atoms with E-state index in [1.807, 2.05) is 6.08 Å². The van der Waals surface area contributed by atoms with Gasteiger partial charge < -0.3 is 18.9 Å². The average molecular weight is 402 g/mol. The van der Waals surface area contributed by atoms with Crippen molar-refractivity contribution < 1.29 is 28.5 Å². The maximum absolute atomic E-state index is 13.8. The van der Waals surface area contributed by atoms with Gasteiger partial charge in [-0.2, -0.15) is 0 Å². The zero-order chi connectivity index (χ0) is 20.1.